The normalized spacial score (nSPS) is 32.6. The van der Waals surface area contributed by atoms with Gasteiger partial charge in [-0.1, -0.05) is 110 Å². The maximum absolute atomic E-state index is 13.8. The number of aromatic nitrogens is 2. The molecule has 0 aliphatic carbocycles. The Bertz CT molecular complexity index is 2570. The molecule has 0 spiro atoms. The van der Waals surface area contributed by atoms with Gasteiger partial charge >= 0.3 is 5.97 Å². The van der Waals surface area contributed by atoms with Gasteiger partial charge in [0.2, 0.25) is 14.2 Å². The first-order chi connectivity index (χ1) is 39.4. The fourth-order valence-electron chi connectivity index (χ4n) is 13.8. The Kier molecular flexibility index (Phi) is 23.9. The quantitative estimate of drug-likeness (QED) is 0.0532. The Morgan fingerprint density at radius 1 is 0.843 bits per heavy atom. The molecule has 7 heterocycles. The van der Waals surface area contributed by atoms with Crippen molar-refractivity contribution in [3.8, 4) is 0 Å². The Labute approximate surface area is 499 Å². The zero-order valence-corrected chi connectivity index (χ0v) is 55.1. The van der Waals surface area contributed by atoms with Crippen LogP contribution in [0.2, 0.25) is 36.3 Å². The number of hydrogen-bond donors (Lipinski definition) is 0. The summed E-state index contributed by atoms with van der Waals surface area (Å²) in [7, 11) is 0.843. The smallest absolute Gasteiger partial charge is 0.330 e. The van der Waals surface area contributed by atoms with Gasteiger partial charge in [0.15, 0.2) is 20.0 Å². The number of rotatable bonds is 20. The van der Waals surface area contributed by atoms with Crippen LogP contribution in [0.4, 0.5) is 0 Å². The zero-order chi connectivity index (χ0) is 60.4. The first kappa shape index (κ1) is 66.7. The van der Waals surface area contributed by atoms with Crippen molar-refractivity contribution < 1.29 is 60.4 Å². The summed E-state index contributed by atoms with van der Waals surface area (Å²) < 4.78 is 79.1. The van der Waals surface area contributed by atoms with Crippen LogP contribution in [0, 0.1) is 11.8 Å². The second kappa shape index (κ2) is 29.7. The van der Waals surface area contributed by atoms with E-state index in [0.717, 1.165) is 41.7 Å². The van der Waals surface area contributed by atoms with Crippen molar-refractivity contribution in [2.24, 2.45) is 11.8 Å². The maximum Gasteiger partial charge on any atom is 0.330 e. The van der Waals surface area contributed by atoms with Crippen LogP contribution in [0.3, 0.4) is 0 Å². The lowest BCUT2D eigenvalue weighted by Crippen LogP contribution is -2.57. The first-order valence-electron chi connectivity index (χ1n) is 30.7. The van der Waals surface area contributed by atoms with Crippen molar-refractivity contribution in [2.75, 3.05) is 21.3 Å². The fourth-order valence-corrected chi connectivity index (χ4v) is 20.5. The lowest BCUT2D eigenvalue weighted by atomic mass is 9.79. The topological polar surface area (TPSA) is 161 Å². The van der Waals surface area contributed by atoms with E-state index in [1.807, 2.05) is 37.3 Å². The minimum atomic E-state index is -2.43. The summed E-state index contributed by atoms with van der Waals surface area (Å²) in [5.74, 6) is -0.980. The van der Waals surface area contributed by atoms with E-state index >= 15 is 0 Å². The van der Waals surface area contributed by atoms with Crippen molar-refractivity contribution in [1.82, 2.24) is 9.97 Å². The third kappa shape index (κ3) is 17.7. The molecular weight excluding hydrogens is 1080 g/mol. The van der Waals surface area contributed by atoms with E-state index in [0.29, 0.717) is 79.0 Å². The highest BCUT2D eigenvalue weighted by atomic mass is 28.4. The summed E-state index contributed by atoms with van der Waals surface area (Å²) in [6.45, 7) is 37.1. The van der Waals surface area contributed by atoms with Crippen molar-refractivity contribution >= 4 is 34.8 Å². The molecule has 0 saturated carbocycles. The molecule has 15 atom stereocenters. The SMILES string of the molecule is C=CC[C@H](/C=C/C(C)=C/[C@@H](O[Si](C(C)C)(C(C)C)C(C)C)C1C[C@@H](OC)C[C@](Cc2nc(/C=C(\C)C3OC4C/C=C/c5nc(co5)C5C[C@H](O[Si](C)(C)C)CC(CC6CC(=C)CC(C/C=C\C(=O)O[C@@H]([C@H]4C)[C@H]3C)O6)O5)co2)(OC)O1)OC. The molecule has 83 heavy (non-hydrogen) atoms. The Morgan fingerprint density at radius 3 is 2.24 bits per heavy atom. The number of hydrogen-bond acceptors (Lipinski definition) is 15. The first-order valence-corrected chi connectivity index (χ1v) is 36.3. The summed E-state index contributed by atoms with van der Waals surface area (Å²) in [6, 6.07) is 0. The van der Waals surface area contributed by atoms with Crippen LogP contribution in [0.25, 0.3) is 12.2 Å². The third-order valence-corrected chi connectivity index (χ3v) is 24.8. The molecular formula is C66H102N2O13Si2. The van der Waals surface area contributed by atoms with Crippen LogP contribution < -0.4 is 0 Å². The molecule has 5 aliphatic heterocycles. The monoisotopic (exact) mass is 1190 g/mol. The van der Waals surface area contributed by atoms with E-state index in [1.165, 1.54) is 0 Å². The van der Waals surface area contributed by atoms with Crippen molar-refractivity contribution in [3.63, 3.8) is 0 Å². The number of carbonyl (C=O) groups is 1. The van der Waals surface area contributed by atoms with Gasteiger partial charge in [-0.25, -0.2) is 14.8 Å². The van der Waals surface area contributed by atoms with Crippen molar-refractivity contribution in [2.45, 2.75) is 255 Å². The number of methoxy groups -OCH3 is 3. The molecule has 462 valence electrons. The molecule has 0 radical (unpaired) electrons. The van der Waals surface area contributed by atoms with Gasteiger partial charge in [-0.2, -0.15) is 0 Å². The molecule has 15 nitrogen and oxygen atoms in total. The van der Waals surface area contributed by atoms with E-state index in [4.69, 9.17) is 65.5 Å². The minimum Gasteiger partial charge on any atom is -0.458 e. The van der Waals surface area contributed by atoms with Gasteiger partial charge in [0.1, 0.15) is 36.1 Å². The molecule has 2 aromatic heterocycles. The average Bonchev–Trinajstić information content (AvgIpc) is 4.15. The second-order valence-corrected chi connectivity index (χ2v) is 36.1. The summed E-state index contributed by atoms with van der Waals surface area (Å²) in [5.41, 5.74) is 5.48. The lowest BCUT2D eigenvalue weighted by molar-refractivity contribution is -0.297. The maximum atomic E-state index is 13.8. The Balaban J connectivity index is 1.14. The molecule has 0 aromatic carbocycles. The Hall–Kier alpha value is -3.86. The predicted molar refractivity (Wildman–Crippen MR) is 330 cm³/mol. The molecule has 4 fully saturated rings. The zero-order valence-electron chi connectivity index (χ0n) is 53.1. The van der Waals surface area contributed by atoms with Gasteiger partial charge in [0, 0.05) is 64.9 Å². The summed E-state index contributed by atoms with van der Waals surface area (Å²) in [6.07, 6.45) is 24.8. The van der Waals surface area contributed by atoms with Gasteiger partial charge in [-0.05, 0) is 106 Å². The highest BCUT2D eigenvalue weighted by Crippen LogP contribution is 2.46. The number of allylic oxidation sites excluding steroid dienone is 2. The van der Waals surface area contributed by atoms with Crippen LogP contribution in [0.1, 0.15) is 163 Å². The fraction of sp³-hybridized carbons (Fsp3) is 0.682. The van der Waals surface area contributed by atoms with E-state index in [-0.39, 0.29) is 67.1 Å². The largest absolute Gasteiger partial charge is 0.458 e. The van der Waals surface area contributed by atoms with Gasteiger partial charge in [-0.15, -0.1) is 6.58 Å². The molecule has 0 N–H and O–H groups in total. The highest BCUT2D eigenvalue weighted by molar-refractivity contribution is 6.77. The number of carbonyl (C=O) groups excluding carboxylic acids is 1. The molecule has 17 heteroatoms. The van der Waals surface area contributed by atoms with Crippen molar-refractivity contribution in [3.05, 3.63) is 108 Å². The number of esters is 1. The predicted octanol–water partition coefficient (Wildman–Crippen LogP) is 14.7. The lowest BCUT2D eigenvalue weighted by Gasteiger charge is -2.49. The standard InChI is InChI=1S/C66H102N2O13Si2/c1-19-22-50(70-13)28-27-44(8)31-60(81-83(41(2)3,42(4)5)43(6)7)59-36-55(71-14)37-66(72-15,79-59)38-62-67-49(39-73-62)32-46(10)64-48(12)65-47(11)57(77-64)24-21-25-61-68-56(40-74-61)58-35-54(80-82(16,17)18)34-53(76-58)33-52-30-45(9)29-51(75-52)23-20-26-63(69)78-65/h19-21,25-28,31-32,39-43,47-48,50-55,57-60,64-65H,1,9,22-24,29-30,33-38H2,2-8,10-18H3/b25-21+,26-20-,28-27+,44-31+,46-32+/t47-,48-,50+,51?,52?,53?,54+,55+,57?,58?,59?,60+,64?,65-,66-/m0/s1. The number of ether oxygens (including phenoxy) is 8. The number of oxazole rings is 2. The van der Waals surface area contributed by atoms with Crippen LogP contribution in [-0.4, -0.2) is 127 Å². The summed E-state index contributed by atoms with van der Waals surface area (Å²) >= 11 is 0. The summed E-state index contributed by atoms with van der Waals surface area (Å²) in [4.78, 5) is 23.8. The van der Waals surface area contributed by atoms with Crippen LogP contribution >= 0.6 is 0 Å². The number of fused-ring (bicyclic) bond motifs is 9. The summed E-state index contributed by atoms with van der Waals surface area (Å²) in [5, 5.41) is 0. The van der Waals surface area contributed by atoms with Crippen LogP contribution in [0.5, 0.6) is 0 Å². The van der Waals surface area contributed by atoms with Gasteiger partial charge in [-0.3, -0.25) is 0 Å². The van der Waals surface area contributed by atoms with Gasteiger partial charge < -0.3 is 55.6 Å². The Morgan fingerprint density at radius 2 is 1.57 bits per heavy atom. The van der Waals surface area contributed by atoms with Crippen LogP contribution in [-0.2, 0) is 58.0 Å². The molecule has 2 aromatic rings. The molecule has 8 bridgehead atoms. The molecule has 4 saturated heterocycles. The van der Waals surface area contributed by atoms with Crippen LogP contribution in [0.15, 0.2) is 93.8 Å². The van der Waals surface area contributed by atoms with Gasteiger partial charge in [0.25, 0.3) is 0 Å². The van der Waals surface area contributed by atoms with Crippen molar-refractivity contribution in [1.29, 1.82) is 0 Å². The molecule has 7 unspecified atom stereocenters. The second-order valence-electron chi connectivity index (χ2n) is 26.2. The van der Waals surface area contributed by atoms with E-state index in [1.54, 1.807) is 39.9 Å². The van der Waals surface area contributed by atoms with E-state index < -0.39 is 52.8 Å². The molecule has 0 amide bonds. The average molecular weight is 1190 g/mol. The molecule has 7 rings (SSSR count). The van der Waals surface area contributed by atoms with E-state index in [9.17, 15) is 4.79 Å². The highest BCUT2D eigenvalue weighted by Gasteiger charge is 2.51. The third-order valence-electron chi connectivity index (χ3n) is 17.7. The van der Waals surface area contributed by atoms with Gasteiger partial charge in [0.05, 0.1) is 67.5 Å². The number of nitrogens with zero attached hydrogens (tertiary/aromatic N) is 2. The molecule has 5 aliphatic rings. The minimum absolute atomic E-state index is 0.0305. The van der Waals surface area contributed by atoms with E-state index in [2.05, 4.69) is 113 Å².